The molecular weight excluding hydrogens is 164 g/mol. The van der Waals surface area contributed by atoms with Crippen LogP contribution in [0, 0.1) is 0 Å². The lowest BCUT2D eigenvalue weighted by Crippen LogP contribution is -2.12. The van der Waals surface area contributed by atoms with Crippen LogP contribution in [0.4, 0.5) is 0 Å². The highest BCUT2D eigenvalue weighted by Crippen LogP contribution is 2.41. The minimum Gasteiger partial charge on any atom is -0.272 e. The summed E-state index contributed by atoms with van der Waals surface area (Å²) in [4.78, 5) is 0. The summed E-state index contributed by atoms with van der Waals surface area (Å²) in [5, 5.41) is 0. The molecule has 0 aliphatic heterocycles. The van der Waals surface area contributed by atoms with E-state index in [-0.39, 0.29) is 0 Å². The molecule has 1 rings (SSSR count). The fraction of sp³-hybridized carbons (Fsp3) is 1.00. The Hall–Kier alpha value is 0.810. The molecule has 0 aromatic rings. The maximum Gasteiger partial charge on any atom is 0.125 e. The second-order valence-corrected chi connectivity index (χ2v) is 5.42. The molecule has 0 aromatic heterocycles. The van der Waals surface area contributed by atoms with Crippen LogP contribution in [-0.2, 0) is 0 Å². The first kappa shape index (κ1) is 6.92. The maximum atomic E-state index is 5.49. The van der Waals surface area contributed by atoms with E-state index in [2.05, 4.69) is 4.74 Å². The van der Waals surface area contributed by atoms with Crippen molar-refractivity contribution in [2.24, 2.45) is 4.74 Å². The molecule has 4 heteroatoms. The molecule has 1 nitrogen and oxygen atoms in total. The highest BCUT2D eigenvalue weighted by Gasteiger charge is 2.15. The van der Waals surface area contributed by atoms with Crippen LogP contribution in [0.15, 0.2) is 4.74 Å². The number of rotatable bonds is 1. The van der Waals surface area contributed by atoms with Crippen molar-refractivity contribution in [2.45, 2.75) is 25.3 Å². The lowest BCUT2D eigenvalue weighted by atomic mass is 9.95. The summed E-state index contributed by atoms with van der Waals surface area (Å²) in [6.07, 6.45) is 2.38. The van der Waals surface area contributed by atoms with Crippen LogP contribution in [0.3, 0.4) is 0 Å². The molecule has 1 aliphatic rings. The molecule has 0 aromatic carbocycles. The van der Waals surface area contributed by atoms with Crippen LogP contribution in [0.1, 0.15) is 19.3 Å². The van der Waals surface area contributed by atoms with Gasteiger partial charge < -0.3 is 0 Å². The Labute approximate surface area is 59.4 Å². The minimum absolute atomic E-state index is 0.513. The van der Waals surface area contributed by atoms with Crippen LogP contribution in [-0.4, -0.2) is 6.04 Å². The molecular formula is C4H8Cl2NP. The first-order chi connectivity index (χ1) is 3.79. The average molecular weight is 172 g/mol. The minimum atomic E-state index is -1.33. The van der Waals surface area contributed by atoms with E-state index in [1.807, 2.05) is 0 Å². The van der Waals surface area contributed by atoms with Gasteiger partial charge in [-0.25, -0.2) is 0 Å². The van der Waals surface area contributed by atoms with E-state index < -0.39 is 6.42 Å². The fourth-order valence-corrected chi connectivity index (χ4v) is 2.02. The van der Waals surface area contributed by atoms with Gasteiger partial charge in [0.25, 0.3) is 0 Å². The van der Waals surface area contributed by atoms with Crippen molar-refractivity contribution in [3.63, 3.8) is 0 Å². The highest BCUT2D eigenvalue weighted by molar-refractivity contribution is 7.96. The largest absolute Gasteiger partial charge is 0.272 e. The quantitative estimate of drug-likeness (QED) is 0.538. The van der Waals surface area contributed by atoms with E-state index in [1.54, 1.807) is 0 Å². The summed E-state index contributed by atoms with van der Waals surface area (Å²) >= 11 is 11.0. The standard InChI is InChI=1S/C4H8Cl2NP/c5-8(6)7-4-2-1-3-4/h4,8H,1-3H2. The lowest BCUT2D eigenvalue weighted by Gasteiger charge is -2.20. The molecule has 0 radical (unpaired) electrons. The van der Waals surface area contributed by atoms with Gasteiger partial charge in [0.2, 0.25) is 0 Å². The van der Waals surface area contributed by atoms with Crippen LogP contribution in [0.2, 0.25) is 0 Å². The molecule has 48 valence electrons. The predicted molar refractivity (Wildman–Crippen MR) is 40.1 cm³/mol. The van der Waals surface area contributed by atoms with E-state index in [4.69, 9.17) is 22.5 Å². The zero-order valence-electron chi connectivity index (χ0n) is 4.40. The van der Waals surface area contributed by atoms with Gasteiger partial charge in [-0.15, -0.1) is 0 Å². The summed E-state index contributed by atoms with van der Waals surface area (Å²) in [6, 6.07) is 0.513. The van der Waals surface area contributed by atoms with Crippen molar-refractivity contribution in [3.05, 3.63) is 0 Å². The summed E-state index contributed by atoms with van der Waals surface area (Å²) in [5.41, 5.74) is 0. The molecule has 0 amide bonds. The molecule has 1 saturated carbocycles. The number of hydrogen-bond donors (Lipinski definition) is 0. The van der Waals surface area contributed by atoms with E-state index in [0.29, 0.717) is 6.04 Å². The number of nitrogens with zero attached hydrogens (tertiary/aromatic N) is 1. The van der Waals surface area contributed by atoms with E-state index in [9.17, 15) is 0 Å². The summed E-state index contributed by atoms with van der Waals surface area (Å²) in [7, 11) is 0. The zero-order chi connectivity index (χ0) is 5.98. The van der Waals surface area contributed by atoms with E-state index >= 15 is 0 Å². The van der Waals surface area contributed by atoms with Gasteiger partial charge in [0.15, 0.2) is 0 Å². The Bertz CT molecular complexity index is 107. The Kier molecular flexibility index (Phi) is 2.68. The van der Waals surface area contributed by atoms with Gasteiger partial charge in [-0.3, -0.25) is 4.74 Å². The molecule has 0 bridgehead atoms. The average Bonchev–Trinajstić information content (AvgIpc) is 1.55. The highest BCUT2D eigenvalue weighted by atomic mass is 35.9. The monoisotopic (exact) mass is 171 g/mol. The summed E-state index contributed by atoms with van der Waals surface area (Å²) in [5.74, 6) is 0. The lowest BCUT2D eigenvalue weighted by molar-refractivity contribution is 0.424. The second kappa shape index (κ2) is 3.10. The van der Waals surface area contributed by atoms with Gasteiger partial charge in [0, 0.05) is 0 Å². The number of halogens is 2. The third-order valence-electron chi connectivity index (χ3n) is 1.35. The molecule has 1 fully saturated rings. The first-order valence-electron chi connectivity index (χ1n) is 2.68. The number of hydrogen-bond acceptors (Lipinski definition) is 1. The topological polar surface area (TPSA) is 12.4 Å². The fourth-order valence-electron chi connectivity index (χ4n) is 0.654. The third kappa shape index (κ3) is 1.97. The van der Waals surface area contributed by atoms with Crippen LogP contribution >= 0.6 is 28.9 Å². The zero-order valence-corrected chi connectivity index (χ0v) is 6.91. The van der Waals surface area contributed by atoms with Gasteiger partial charge in [-0.1, -0.05) is 22.5 Å². The van der Waals surface area contributed by atoms with Crippen LogP contribution in [0.25, 0.3) is 0 Å². The van der Waals surface area contributed by atoms with Crippen LogP contribution in [0.5, 0.6) is 0 Å². The van der Waals surface area contributed by atoms with Gasteiger partial charge in [-0.2, -0.15) is 0 Å². The van der Waals surface area contributed by atoms with Gasteiger partial charge in [0.05, 0.1) is 6.04 Å². The van der Waals surface area contributed by atoms with Gasteiger partial charge in [-0.05, 0) is 19.3 Å². The second-order valence-electron chi connectivity index (χ2n) is 1.95. The SMILES string of the molecule is Cl[PH](Cl)=NC1CCC1. The molecule has 0 saturated heterocycles. The third-order valence-corrected chi connectivity index (χ3v) is 2.50. The molecule has 0 atom stereocenters. The Morgan fingerprint density at radius 2 is 2.00 bits per heavy atom. The molecule has 0 spiro atoms. The van der Waals surface area contributed by atoms with Crippen molar-refractivity contribution in [1.29, 1.82) is 0 Å². The van der Waals surface area contributed by atoms with Crippen LogP contribution < -0.4 is 0 Å². The van der Waals surface area contributed by atoms with Crippen molar-refractivity contribution in [3.8, 4) is 0 Å². The summed E-state index contributed by atoms with van der Waals surface area (Å²) in [6.45, 7) is 0. The summed E-state index contributed by atoms with van der Waals surface area (Å²) < 4.78 is 4.12. The van der Waals surface area contributed by atoms with Crippen molar-refractivity contribution < 1.29 is 0 Å². The Morgan fingerprint density at radius 3 is 2.12 bits per heavy atom. The van der Waals surface area contributed by atoms with Crippen molar-refractivity contribution >= 4 is 28.9 Å². The smallest absolute Gasteiger partial charge is 0.125 e. The molecule has 0 heterocycles. The molecule has 0 unspecified atom stereocenters. The van der Waals surface area contributed by atoms with E-state index in [0.717, 1.165) is 0 Å². The Morgan fingerprint density at radius 1 is 1.38 bits per heavy atom. The van der Waals surface area contributed by atoms with Gasteiger partial charge in [0.1, 0.15) is 6.42 Å². The maximum absolute atomic E-state index is 5.49. The molecule has 8 heavy (non-hydrogen) atoms. The van der Waals surface area contributed by atoms with Gasteiger partial charge >= 0.3 is 0 Å². The van der Waals surface area contributed by atoms with E-state index in [1.165, 1.54) is 19.3 Å². The normalized spacial score (nSPS) is 20.9. The van der Waals surface area contributed by atoms with Crippen molar-refractivity contribution in [1.82, 2.24) is 0 Å². The Balaban J connectivity index is 2.27. The molecule has 1 aliphatic carbocycles. The first-order valence-corrected chi connectivity index (χ1v) is 6.15. The van der Waals surface area contributed by atoms with Crippen molar-refractivity contribution in [2.75, 3.05) is 0 Å². The predicted octanol–water partition coefficient (Wildman–Crippen LogP) is 3.24. The molecule has 0 N–H and O–H groups in total.